The number of urea groups is 1. The standard InChI is InChI=1S/C15H21N7O/c1-15(2,3)13-18-17-11-4-5-12(19-22(11)13)20-6-7-21-10(9-20)8-16-14(21)23/h4-5,10H,6-9H2,1-3H3,(H,16,23). The van der Waals surface area contributed by atoms with Crippen molar-refractivity contribution < 1.29 is 4.79 Å². The molecule has 2 aromatic rings. The van der Waals surface area contributed by atoms with Crippen molar-refractivity contribution in [1.82, 2.24) is 30.0 Å². The lowest BCUT2D eigenvalue weighted by atomic mass is 9.96. The lowest BCUT2D eigenvalue weighted by Crippen LogP contribution is -2.52. The third-order valence-corrected chi connectivity index (χ3v) is 4.48. The van der Waals surface area contributed by atoms with Gasteiger partial charge >= 0.3 is 6.03 Å². The molecule has 2 fully saturated rings. The Kier molecular flexibility index (Phi) is 2.97. The Morgan fingerprint density at radius 1 is 1.22 bits per heavy atom. The number of carbonyl (C=O) groups is 1. The number of nitrogens with zero attached hydrogens (tertiary/aromatic N) is 6. The van der Waals surface area contributed by atoms with Gasteiger partial charge in [0, 0.05) is 31.6 Å². The maximum absolute atomic E-state index is 11.7. The molecule has 0 spiro atoms. The molecule has 8 nitrogen and oxygen atoms in total. The summed E-state index contributed by atoms with van der Waals surface area (Å²) in [6, 6.07) is 4.20. The van der Waals surface area contributed by atoms with Crippen LogP contribution in [0.3, 0.4) is 0 Å². The Labute approximate surface area is 134 Å². The van der Waals surface area contributed by atoms with Crippen LogP contribution in [0.2, 0.25) is 0 Å². The number of aromatic nitrogens is 4. The van der Waals surface area contributed by atoms with Gasteiger partial charge in [-0.2, -0.15) is 4.52 Å². The number of hydrogen-bond acceptors (Lipinski definition) is 5. The molecule has 2 saturated heterocycles. The number of rotatable bonds is 1. The summed E-state index contributed by atoms with van der Waals surface area (Å²) >= 11 is 0. The summed E-state index contributed by atoms with van der Waals surface area (Å²) in [5.74, 6) is 1.76. The fourth-order valence-electron chi connectivity index (χ4n) is 3.23. The third-order valence-electron chi connectivity index (χ3n) is 4.48. The van der Waals surface area contributed by atoms with Gasteiger partial charge in [0.2, 0.25) is 0 Å². The molecular weight excluding hydrogens is 294 g/mol. The van der Waals surface area contributed by atoms with Crippen LogP contribution in [-0.2, 0) is 5.41 Å². The van der Waals surface area contributed by atoms with E-state index >= 15 is 0 Å². The van der Waals surface area contributed by atoms with Crippen LogP contribution in [0.5, 0.6) is 0 Å². The van der Waals surface area contributed by atoms with E-state index in [1.165, 1.54) is 0 Å². The predicted molar refractivity (Wildman–Crippen MR) is 85.6 cm³/mol. The van der Waals surface area contributed by atoms with Crippen molar-refractivity contribution in [2.24, 2.45) is 0 Å². The second-order valence-corrected chi connectivity index (χ2v) is 7.21. The zero-order chi connectivity index (χ0) is 16.2. The molecule has 0 saturated carbocycles. The zero-order valence-corrected chi connectivity index (χ0v) is 13.7. The predicted octanol–water partition coefficient (Wildman–Crippen LogP) is 0.636. The van der Waals surface area contributed by atoms with E-state index in [9.17, 15) is 4.79 Å². The van der Waals surface area contributed by atoms with Gasteiger partial charge in [-0.15, -0.1) is 15.3 Å². The Bertz CT molecular complexity index is 763. The molecular formula is C15H21N7O. The minimum Gasteiger partial charge on any atom is -0.351 e. The SMILES string of the molecule is CC(C)(C)c1nnc2ccc(N3CCN4C(=O)NCC4C3)nn12. The van der Waals surface area contributed by atoms with Crippen LogP contribution >= 0.6 is 0 Å². The van der Waals surface area contributed by atoms with E-state index in [1.807, 2.05) is 21.5 Å². The van der Waals surface area contributed by atoms with E-state index < -0.39 is 0 Å². The highest BCUT2D eigenvalue weighted by Gasteiger charge is 2.36. The van der Waals surface area contributed by atoms with Gasteiger partial charge in [0.1, 0.15) is 5.82 Å². The van der Waals surface area contributed by atoms with Crippen molar-refractivity contribution in [3.8, 4) is 0 Å². The maximum atomic E-state index is 11.7. The molecule has 2 aliphatic rings. The fourth-order valence-corrected chi connectivity index (χ4v) is 3.23. The number of nitrogens with one attached hydrogen (secondary N) is 1. The molecule has 0 aromatic carbocycles. The smallest absolute Gasteiger partial charge is 0.317 e. The van der Waals surface area contributed by atoms with E-state index in [0.717, 1.165) is 36.9 Å². The fraction of sp³-hybridized carbons (Fsp3) is 0.600. The van der Waals surface area contributed by atoms with Gasteiger partial charge in [0.05, 0.1) is 6.04 Å². The van der Waals surface area contributed by atoms with Crippen LogP contribution in [0, 0.1) is 0 Å². The molecule has 4 rings (SSSR count). The zero-order valence-electron chi connectivity index (χ0n) is 13.7. The summed E-state index contributed by atoms with van der Waals surface area (Å²) in [7, 11) is 0. The highest BCUT2D eigenvalue weighted by atomic mass is 16.2. The maximum Gasteiger partial charge on any atom is 0.317 e. The monoisotopic (exact) mass is 315 g/mol. The molecule has 0 aliphatic carbocycles. The largest absolute Gasteiger partial charge is 0.351 e. The van der Waals surface area contributed by atoms with Crippen LogP contribution in [0.4, 0.5) is 10.6 Å². The third kappa shape index (κ3) is 2.29. The van der Waals surface area contributed by atoms with E-state index in [1.54, 1.807) is 0 Å². The second kappa shape index (κ2) is 4.81. The van der Waals surface area contributed by atoms with Gasteiger partial charge in [0.15, 0.2) is 11.5 Å². The lowest BCUT2D eigenvalue weighted by molar-refractivity contribution is 0.197. The van der Waals surface area contributed by atoms with Gasteiger partial charge < -0.3 is 15.1 Å². The van der Waals surface area contributed by atoms with Crippen molar-refractivity contribution >= 4 is 17.5 Å². The molecule has 0 bridgehead atoms. The van der Waals surface area contributed by atoms with E-state index in [4.69, 9.17) is 5.10 Å². The number of piperazine rings is 1. The first-order valence-electron chi connectivity index (χ1n) is 7.96. The van der Waals surface area contributed by atoms with Crippen molar-refractivity contribution in [2.45, 2.75) is 32.2 Å². The Hall–Kier alpha value is -2.38. The summed E-state index contributed by atoms with van der Waals surface area (Å²) in [5.41, 5.74) is 0.640. The van der Waals surface area contributed by atoms with Gasteiger partial charge in [-0.05, 0) is 12.1 Å². The minimum atomic E-state index is -0.120. The average molecular weight is 315 g/mol. The van der Waals surface area contributed by atoms with Gasteiger partial charge in [-0.25, -0.2) is 4.79 Å². The molecule has 2 aliphatic heterocycles. The van der Waals surface area contributed by atoms with Crippen LogP contribution < -0.4 is 10.2 Å². The minimum absolute atomic E-state index is 0.0480. The topological polar surface area (TPSA) is 78.7 Å². The molecule has 2 aromatic heterocycles. The van der Waals surface area contributed by atoms with Crippen molar-refractivity contribution in [3.63, 3.8) is 0 Å². The molecule has 1 unspecified atom stereocenters. The molecule has 8 heteroatoms. The molecule has 2 amide bonds. The van der Waals surface area contributed by atoms with Crippen LogP contribution in [0.25, 0.3) is 5.65 Å². The molecule has 122 valence electrons. The summed E-state index contributed by atoms with van der Waals surface area (Å²) in [6.07, 6.45) is 0. The highest BCUT2D eigenvalue weighted by Crippen LogP contribution is 2.23. The van der Waals surface area contributed by atoms with Crippen molar-refractivity contribution in [1.29, 1.82) is 0 Å². The lowest BCUT2D eigenvalue weighted by Gasteiger charge is -2.36. The number of anilines is 1. The number of amides is 2. The Morgan fingerprint density at radius 3 is 2.83 bits per heavy atom. The first-order chi connectivity index (χ1) is 10.9. The number of hydrogen-bond donors (Lipinski definition) is 1. The normalized spacial score (nSPS) is 21.7. The van der Waals surface area contributed by atoms with Gasteiger partial charge in [-0.3, -0.25) is 0 Å². The van der Waals surface area contributed by atoms with Crippen LogP contribution in [0.1, 0.15) is 26.6 Å². The molecule has 23 heavy (non-hydrogen) atoms. The van der Waals surface area contributed by atoms with Crippen LogP contribution in [0.15, 0.2) is 12.1 Å². The van der Waals surface area contributed by atoms with Gasteiger partial charge in [-0.1, -0.05) is 20.8 Å². The first kappa shape index (κ1) is 14.2. The average Bonchev–Trinajstić information content (AvgIpc) is 3.10. The Balaban J connectivity index is 1.66. The summed E-state index contributed by atoms with van der Waals surface area (Å²) in [6.45, 7) is 9.33. The summed E-state index contributed by atoms with van der Waals surface area (Å²) in [4.78, 5) is 15.8. The molecule has 0 radical (unpaired) electrons. The van der Waals surface area contributed by atoms with E-state index in [0.29, 0.717) is 6.54 Å². The molecule has 4 heterocycles. The van der Waals surface area contributed by atoms with E-state index in [2.05, 4.69) is 41.2 Å². The Morgan fingerprint density at radius 2 is 2.04 bits per heavy atom. The van der Waals surface area contributed by atoms with E-state index in [-0.39, 0.29) is 17.5 Å². The van der Waals surface area contributed by atoms with Crippen molar-refractivity contribution in [3.05, 3.63) is 18.0 Å². The van der Waals surface area contributed by atoms with Crippen LogP contribution in [-0.4, -0.2) is 63.0 Å². The quantitative estimate of drug-likeness (QED) is 0.835. The number of carbonyl (C=O) groups excluding carboxylic acids is 1. The first-order valence-corrected chi connectivity index (χ1v) is 7.96. The highest BCUT2D eigenvalue weighted by molar-refractivity contribution is 5.77. The van der Waals surface area contributed by atoms with Crippen molar-refractivity contribution in [2.75, 3.05) is 31.1 Å². The summed E-state index contributed by atoms with van der Waals surface area (Å²) in [5, 5.41) is 16.1. The molecule has 1 N–H and O–H groups in total. The summed E-state index contributed by atoms with van der Waals surface area (Å²) < 4.78 is 1.83. The number of fused-ring (bicyclic) bond motifs is 2. The molecule has 1 atom stereocenters. The second-order valence-electron chi connectivity index (χ2n) is 7.21. The van der Waals surface area contributed by atoms with Gasteiger partial charge in [0.25, 0.3) is 0 Å².